The summed E-state index contributed by atoms with van der Waals surface area (Å²) in [6.07, 6.45) is 0.213. The molecule has 1 N–H and O–H groups in total. The van der Waals surface area contributed by atoms with Crippen molar-refractivity contribution in [3.8, 4) is 0 Å². The number of carbonyl (C=O) groups is 3. The number of hydrogen-bond acceptors (Lipinski definition) is 5. The molecule has 182 valence electrons. The number of rotatable bonds is 7. The van der Waals surface area contributed by atoms with Crippen molar-refractivity contribution in [2.24, 2.45) is 0 Å². The molecule has 1 fully saturated rings. The topological polar surface area (TPSA) is 79.0 Å². The summed E-state index contributed by atoms with van der Waals surface area (Å²) in [4.78, 5) is 41.5. The van der Waals surface area contributed by atoms with Crippen molar-refractivity contribution in [1.82, 2.24) is 15.1 Å². The lowest BCUT2D eigenvalue weighted by atomic mass is 10.0. The molecule has 1 saturated heterocycles. The number of nitrogens with one attached hydrogen (secondary N) is 1. The lowest BCUT2D eigenvalue weighted by Crippen LogP contribution is -2.51. The summed E-state index contributed by atoms with van der Waals surface area (Å²) < 4.78 is 5.02. The molecule has 2 amide bonds. The number of esters is 1. The summed E-state index contributed by atoms with van der Waals surface area (Å²) in [5.74, 6) is -0.612. The summed E-state index contributed by atoms with van der Waals surface area (Å²) in [7, 11) is 1.36. The molecule has 0 aliphatic carbocycles. The summed E-state index contributed by atoms with van der Waals surface area (Å²) in [5, 5.41) is 5.41. The van der Waals surface area contributed by atoms with Gasteiger partial charge in [-0.05, 0) is 34.5 Å². The van der Waals surface area contributed by atoms with E-state index in [0.717, 1.165) is 10.8 Å². The molecule has 1 heterocycles. The molecule has 1 atom stereocenters. The fraction of sp³-hybridized carbons (Fsp3) is 0.296. The number of fused-ring (bicyclic) bond motifs is 1. The second kappa shape index (κ2) is 11.3. The van der Waals surface area contributed by atoms with E-state index in [1.807, 2.05) is 59.5 Å². The van der Waals surface area contributed by atoms with Crippen LogP contribution in [-0.2, 0) is 14.3 Å². The first kappa shape index (κ1) is 24.7. The normalized spacial score (nSPS) is 15.0. The van der Waals surface area contributed by atoms with Crippen LogP contribution in [0.5, 0.6) is 0 Å². The van der Waals surface area contributed by atoms with Crippen molar-refractivity contribution in [2.45, 2.75) is 12.5 Å². The van der Waals surface area contributed by atoms with Crippen LogP contribution < -0.4 is 5.32 Å². The van der Waals surface area contributed by atoms with Gasteiger partial charge in [0.15, 0.2) is 0 Å². The Morgan fingerprint density at radius 1 is 0.943 bits per heavy atom. The number of benzene rings is 3. The fourth-order valence-electron chi connectivity index (χ4n) is 4.38. The van der Waals surface area contributed by atoms with Gasteiger partial charge >= 0.3 is 5.97 Å². The highest BCUT2D eigenvalue weighted by atomic mass is 35.5. The Morgan fingerprint density at radius 2 is 1.63 bits per heavy atom. The average Bonchev–Trinajstić information content (AvgIpc) is 2.89. The Kier molecular flexibility index (Phi) is 8.00. The monoisotopic (exact) mass is 493 g/mol. The molecule has 7 nitrogen and oxygen atoms in total. The lowest BCUT2D eigenvalue weighted by molar-refractivity contribution is -0.148. The zero-order chi connectivity index (χ0) is 24.8. The maximum Gasteiger partial charge on any atom is 0.327 e. The maximum atomic E-state index is 12.7. The molecule has 0 bridgehead atoms. The first-order chi connectivity index (χ1) is 17.0. The van der Waals surface area contributed by atoms with Gasteiger partial charge < -0.3 is 15.0 Å². The van der Waals surface area contributed by atoms with E-state index in [4.69, 9.17) is 16.3 Å². The zero-order valence-electron chi connectivity index (χ0n) is 19.6. The molecule has 4 rings (SSSR count). The molecular weight excluding hydrogens is 466 g/mol. The van der Waals surface area contributed by atoms with Crippen LogP contribution in [0.25, 0.3) is 10.8 Å². The molecule has 1 unspecified atom stereocenters. The standard InChI is InChI=1S/C27H28ClN3O4/c1-35-27(34)25(22-8-4-5-9-23(22)28)31-16-14-30(15-17-31)24(32)12-13-29-26(33)21-11-10-19-6-2-3-7-20(19)18-21/h2-11,18,25H,12-17H2,1H3,(H,29,33). The van der Waals surface area contributed by atoms with Crippen molar-refractivity contribution in [2.75, 3.05) is 39.8 Å². The van der Waals surface area contributed by atoms with E-state index >= 15 is 0 Å². The summed E-state index contributed by atoms with van der Waals surface area (Å²) >= 11 is 6.34. The number of amides is 2. The smallest absolute Gasteiger partial charge is 0.327 e. The minimum absolute atomic E-state index is 0.0316. The van der Waals surface area contributed by atoms with Gasteiger partial charge in [0, 0.05) is 49.7 Å². The quantitative estimate of drug-likeness (QED) is 0.508. The van der Waals surface area contributed by atoms with E-state index < -0.39 is 6.04 Å². The van der Waals surface area contributed by atoms with Crippen LogP contribution in [0.3, 0.4) is 0 Å². The van der Waals surface area contributed by atoms with E-state index in [-0.39, 0.29) is 30.7 Å². The van der Waals surface area contributed by atoms with Gasteiger partial charge in [-0.1, -0.05) is 60.1 Å². The van der Waals surface area contributed by atoms with E-state index in [1.54, 1.807) is 17.0 Å². The third-order valence-electron chi connectivity index (χ3n) is 6.29. The molecular formula is C27H28ClN3O4. The Labute approximate surface area is 209 Å². The molecule has 8 heteroatoms. The Balaban J connectivity index is 1.28. The molecule has 1 aliphatic rings. The highest BCUT2D eigenvalue weighted by Gasteiger charge is 2.33. The number of methoxy groups -OCH3 is 1. The molecule has 3 aromatic carbocycles. The number of nitrogens with zero attached hydrogens (tertiary/aromatic N) is 2. The summed E-state index contributed by atoms with van der Waals surface area (Å²) in [6.45, 7) is 2.25. The molecule has 35 heavy (non-hydrogen) atoms. The first-order valence-corrected chi connectivity index (χ1v) is 12.0. The maximum absolute atomic E-state index is 12.7. The van der Waals surface area contributed by atoms with Gasteiger partial charge in [-0.2, -0.15) is 0 Å². The Bertz CT molecular complexity index is 1220. The molecule has 0 radical (unpaired) electrons. The minimum atomic E-state index is -0.618. The molecule has 0 spiro atoms. The number of halogens is 1. The zero-order valence-corrected chi connectivity index (χ0v) is 20.3. The van der Waals surface area contributed by atoms with Crippen molar-refractivity contribution < 1.29 is 19.1 Å². The van der Waals surface area contributed by atoms with Gasteiger partial charge in [-0.3, -0.25) is 14.5 Å². The lowest BCUT2D eigenvalue weighted by Gasteiger charge is -2.38. The van der Waals surface area contributed by atoms with Gasteiger partial charge in [0.25, 0.3) is 5.91 Å². The van der Waals surface area contributed by atoms with Crippen LogP contribution in [0, 0.1) is 0 Å². The number of carbonyl (C=O) groups excluding carboxylic acids is 3. The predicted octanol–water partition coefficient (Wildman–Crippen LogP) is 3.67. The van der Waals surface area contributed by atoms with Crippen LogP contribution in [0.15, 0.2) is 66.7 Å². The largest absolute Gasteiger partial charge is 0.468 e. The predicted molar refractivity (Wildman–Crippen MR) is 135 cm³/mol. The van der Waals surface area contributed by atoms with E-state index in [2.05, 4.69) is 5.32 Å². The van der Waals surface area contributed by atoms with E-state index in [0.29, 0.717) is 42.3 Å². The molecule has 3 aromatic rings. The highest BCUT2D eigenvalue weighted by Crippen LogP contribution is 2.29. The summed E-state index contributed by atoms with van der Waals surface area (Å²) in [6, 6.07) is 20.0. The van der Waals surface area contributed by atoms with Crippen LogP contribution >= 0.6 is 11.6 Å². The van der Waals surface area contributed by atoms with Crippen LogP contribution in [0.1, 0.15) is 28.4 Å². The van der Waals surface area contributed by atoms with Crippen molar-refractivity contribution >= 4 is 40.2 Å². The van der Waals surface area contributed by atoms with Gasteiger partial charge in [-0.15, -0.1) is 0 Å². The van der Waals surface area contributed by atoms with Crippen molar-refractivity contribution in [3.63, 3.8) is 0 Å². The number of hydrogen-bond donors (Lipinski definition) is 1. The van der Waals surface area contributed by atoms with Gasteiger partial charge in [-0.25, -0.2) is 4.79 Å². The fourth-order valence-corrected chi connectivity index (χ4v) is 4.62. The second-order valence-electron chi connectivity index (χ2n) is 8.43. The van der Waals surface area contributed by atoms with E-state index in [9.17, 15) is 14.4 Å². The number of ether oxygens (including phenoxy) is 1. The van der Waals surface area contributed by atoms with Gasteiger partial charge in [0.2, 0.25) is 5.91 Å². The average molecular weight is 494 g/mol. The van der Waals surface area contributed by atoms with Crippen molar-refractivity contribution in [1.29, 1.82) is 0 Å². The van der Waals surface area contributed by atoms with E-state index in [1.165, 1.54) is 7.11 Å². The third-order valence-corrected chi connectivity index (χ3v) is 6.64. The van der Waals surface area contributed by atoms with Gasteiger partial charge in [0.1, 0.15) is 6.04 Å². The van der Waals surface area contributed by atoms with Crippen LogP contribution in [0.2, 0.25) is 5.02 Å². The number of piperazine rings is 1. The second-order valence-corrected chi connectivity index (χ2v) is 8.84. The van der Waals surface area contributed by atoms with Crippen LogP contribution in [-0.4, -0.2) is 67.4 Å². The Morgan fingerprint density at radius 3 is 2.34 bits per heavy atom. The summed E-state index contributed by atoms with van der Waals surface area (Å²) in [5.41, 5.74) is 1.26. The third kappa shape index (κ3) is 5.81. The van der Waals surface area contributed by atoms with Gasteiger partial charge in [0.05, 0.1) is 7.11 Å². The molecule has 1 aliphatic heterocycles. The molecule has 0 aromatic heterocycles. The van der Waals surface area contributed by atoms with Crippen LogP contribution in [0.4, 0.5) is 0 Å². The van der Waals surface area contributed by atoms with Crippen molar-refractivity contribution in [3.05, 3.63) is 82.9 Å². The molecule has 0 saturated carbocycles. The highest BCUT2D eigenvalue weighted by molar-refractivity contribution is 6.31. The minimum Gasteiger partial charge on any atom is -0.468 e. The Hall–Kier alpha value is -3.42. The first-order valence-electron chi connectivity index (χ1n) is 11.6. The SMILES string of the molecule is COC(=O)C(c1ccccc1Cl)N1CCN(C(=O)CCNC(=O)c2ccc3ccccc3c2)CC1.